The van der Waals surface area contributed by atoms with Gasteiger partial charge in [0.25, 0.3) is 0 Å². The first kappa shape index (κ1) is 14.3. The molecule has 17 heavy (non-hydrogen) atoms. The van der Waals surface area contributed by atoms with E-state index in [9.17, 15) is 0 Å². The van der Waals surface area contributed by atoms with Crippen molar-refractivity contribution in [1.29, 1.82) is 0 Å². The van der Waals surface area contributed by atoms with Crippen LogP contribution in [0.4, 0.5) is 0 Å². The van der Waals surface area contributed by atoms with Gasteiger partial charge in [-0.3, -0.25) is 0 Å². The van der Waals surface area contributed by atoms with E-state index in [-0.39, 0.29) is 16.2 Å². The van der Waals surface area contributed by atoms with E-state index in [4.69, 9.17) is 4.42 Å². The largest absolute Gasteiger partial charge is 0.465 e. The number of hydrogen-bond donors (Lipinski definition) is 0. The molecular formula is C16H28O. The number of rotatable bonds is 0. The van der Waals surface area contributed by atoms with Gasteiger partial charge < -0.3 is 4.42 Å². The molecule has 1 nitrogen and oxygen atoms in total. The van der Waals surface area contributed by atoms with Gasteiger partial charge in [-0.2, -0.15) is 0 Å². The van der Waals surface area contributed by atoms with Gasteiger partial charge >= 0.3 is 0 Å². The Hall–Kier alpha value is -0.720. The van der Waals surface area contributed by atoms with E-state index in [1.54, 1.807) is 0 Å². The SMILES string of the molecule is CC(C)(C)c1cc(C(C)(C)C)c(C(C)(C)C)o1. The maximum atomic E-state index is 6.17. The summed E-state index contributed by atoms with van der Waals surface area (Å²) in [7, 11) is 0. The average molecular weight is 236 g/mol. The van der Waals surface area contributed by atoms with Crippen LogP contribution in [0.3, 0.4) is 0 Å². The third-order valence-corrected chi connectivity index (χ3v) is 2.96. The molecular weight excluding hydrogens is 208 g/mol. The van der Waals surface area contributed by atoms with E-state index in [0.29, 0.717) is 0 Å². The predicted molar refractivity (Wildman–Crippen MR) is 74.8 cm³/mol. The first-order chi connectivity index (χ1) is 7.33. The van der Waals surface area contributed by atoms with Gasteiger partial charge in [-0.25, -0.2) is 0 Å². The van der Waals surface area contributed by atoms with Gasteiger partial charge in [0.2, 0.25) is 0 Å². The summed E-state index contributed by atoms with van der Waals surface area (Å²) in [5, 5.41) is 0. The molecule has 0 amide bonds. The highest BCUT2D eigenvalue weighted by Crippen LogP contribution is 2.39. The molecule has 1 rings (SSSR count). The summed E-state index contributed by atoms with van der Waals surface area (Å²) in [5.74, 6) is 2.22. The van der Waals surface area contributed by atoms with Gasteiger partial charge in [-0.1, -0.05) is 62.3 Å². The number of furan rings is 1. The van der Waals surface area contributed by atoms with Crippen molar-refractivity contribution in [3.63, 3.8) is 0 Å². The lowest BCUT2D eigenvalue weighted by atomic mass is 9.79. The maximum absolute atomic E-state index is 6.17. The van der Waals surface area contributed by atoms with Crippen LogP contribution < -0.4 is 0 Å². The molecule has 1 aromatic rings. The first-order valence-corrected chi connectivity index (χ1v) is 6.49. The van der Waals surface area contributed by atoms with Crippen molar-refractivity contribution in [2.24, 2.45) is 0 Å². The molecule has 0 unspecified atom stereocenters. The van der Waals surface area contributed by atoms with Crippen LogP contribution in [-0.4, -0.2) is 0 Å². The molecule has 0 saturated heterocycles. The van der Waals surface area contributed by atoms with Crippen molar-refractivity contribution in [2.45, 2.75) is 78.6 Å². The molecule has 0 saturated carbocycles. The van der Waals surface area contributed by atoms with Crippen LogP contribution in [0.5, 0.6) is 0 Å². The van der Waals surface area contributed by atoms with Crippen LogP contribution in [-0.2, 0) is 16.2 Å². The van der Waals surface area contributed by atoms with Crippen LogP contribution in [0.15, 0.2) is 10.5 Å². The molecule has 0 bridgehead atoms. The Kier molecular flexibility index (Phi) is 3.29. The maximum Gasteiger partial charge on any atom is 0.113 e. The predicted octanol–water partition coefficient (Wildman–Crippen LogP) is 5.17. The minimum absolute atomic E-state index is 0.0616. The van der Waals surface area contributed by atoms with Gasteiger partial charge in [0.15, 0.2) is 0 Å². The summed E-state index contributed by atoms with van der Waals surface area (Å²) >= 11 is 0. The van der Waals surface area contributed by atoms with Crippen molar-refractivity contribution in [3.8, 4) is 0 Å². The molecule has 0 aliphatic rings. The molecule has 1 heteroatoms. The van der Waals surface area contributed by atoms with Gasteiger partial charge in [0.05, 0.1) is 0 Å². The topological polar surface area (TPSA) is 13.1 Å². The monoisotopic (exact) mass is 236 g/mol. The Morgan fingerprint density at radius 1 is 0.706 bits per heavy atom. The van der Waals surface area contributed by atoms with Gasteiger partial charge in [0.1, 0.15) is 11.5 Å². The fourth-order valence-corrected chi connectivity index (χ4v) is 1.87. The van der Waals surface area contributed by atoms with Crippen LogP contribution >= 0.6 is 0 Å². The van der Waals surface area contributed by atoms with Gasteiger partial charge in [0, 0.05) is 10.8 Å². The second-order valence-electron chi connectivity index (χ2n) is 8.10. The van der Waals surface area contributed by atoms with Gasteiger partial charge in [-0.05, 0) is 17.0 Å². The van der Waals surface area contributed by atoms with Gasteiger partial charge in [-0.15, -0.1) is 0 Å². The summed E-state index contributed by atoms with van der Waals surface area (Å²) in [6.07, 6.45) is 0. The third kappa shape index (κ3) is 3.14. The lowest BCUT2D eigenvalue weighted by Gasteiger charge is -2.24. The molecule has 0 aromatic carbocycles. The molecule has 0 fully saturated rings. The zero-order chi connectivity index (χ0) is 13.6. The van der Waals surface area contributed by atoms with Crippen molar-refractivity contribution in [2.75, 3.05) is 0 Å². The highest BCUT2D eigenvalue weighted by molar-refractivity contribution is 5.34. The molecule has 0 radical (unpaired) electrons. The second kappa shape index (κ2) is 3.90. The summed E-state index contributed by atoms with van der Waals surface area (Å²) in [4.78, 5) is 0. The quantitative estimate of drug-likeness (QED) is 0.605. The molecule has 0 aliphatic carbocycles. The normalized spacial score (nSPS) is 14.2. The summed E-state index contributed by atoms with van der Waals surface area (Å²) < 4.78 is 6.17. The third-order valence-electron chi connectivity index (χ3n) is 2.96. The molecule has 98 valence electrons. The van der Waals surface area contributed by atoms with E-state index in [1.165, 1.54) is 5.56 Å². The van der Waals surface area contributed by atoms with E-state index < -0.39 is 0 Å². The first-order valence-electron chi connectivity index (χ1n) is 6.49. The smallest absolute Gasteiger partial charge is 0.113 e. The Labute approximate surface area is 107 Å². The average Bonchev–Trinajstić information content (AvgIpc) is 2.42. The Bertz CT molecular complexity index is 357. The van der Waals surface area contributed by atoms with Crippen LogP contribution in [0, 0.1) is 0 Å². The minimum atomic E-state index is 0.0616. The summed E-state index contributed by atoms with van der Waals surface area (Å²) in [6, 6.07) is 2.25. The minimum Gasteiger partial charge on any atom is -0.465 e. The van der Waals surface area contributed by atoms with Crippen molar-refractivity contribution >= 4 is 0 Å². The fraction of sp³-hybridized carbons (Fsp3) is 0.750. The molecule has 0 atom stereocenters. The van der Waals surface area contributed by atoms with Crippen molar-refractivity contribution < 1.29 is 4.42 Å². The highest BCUT2D eigenvalue weighted by atomic mass is 16.3. The van der Waals surface area contributed by atoms with E-state index >= 15 is 0 Å². The van der Waals surface area contributed by atoms with Crippen molar-refractivity contribution in [3.05, 3.63) is 23.2 Å². The van der Waals surface area contributed by atoms with Crippen molar-refractivity contribution in [1.82, 2.24) is 0 Å². The summed E-state index contributed by atoms with van der Waals surface area (Å²) in [6.45, 7) is 20.0. The molecule has 1 heterocycles. The van der Waals surface area contributed by atoms with E-state index in [2.05, 4.69) is 68.4 Å². The lowest BCUT2D eigenvalue weighted by Crippen LogP contribution is -2.19. The zero-order valence-electron chi connectivity index (χ0n) is 13.0. The Balaban J connectivity index is 3.44. The number of hydrogen-bond acceptors (Lipinski definition) is 1. The van der Waals surface area contributed by atoms with E-state index in [1.807, 2.05) is 0 Å². The van der Waals surface area contributed by atoms with E-state index in [0.717, 1.165) is 11.5 Å². The molecule has 0 N–H and O–H groups in total. The highest BCUT2D eigenvalue weighted by Gasteiger charge is 2.32. The van der Waals surface area contributed by atoms with Crippen LogP contribution in [0.1, 0.15) is 79.4 Å². The van der Waals surface area contributed by atoms with Crippen LogP contribution in [0.2, 0.25) is 0 Å². The molecule has 0 spiro atoms. The Morgan fingerprint density at radius 3 is 1.41 bits per heavy atom. The molecule has 1 aromatic heterocycles. The molecule has 0 aliphatic heterocycles. The van der Waals surface area contributed by atoms with Crippen LogP contribution in [0.25, 0.3) is 0 Å². The summed E-state index contributed by atoms with van der Waals surface area (Å²) in [5.41, 5.74) is 1.61. The fourth-order valence-electron chi connectivity index (χ4n) is 1.87. The zero-order valence-corrected chi connectivity index (χ0v) is 13.0. The standard InChI is InChI=1S/C16H28O/c1-14(2,3)11-10-12(15(4,5)6)17-13(11)16(7,8)9/h10H,1-9H3. The Morgan fingerprint density at radius 2 is 1.18 bits per heavy atom. The lowest BCUT2D eigenvalue weighted by molar-refractivity contribution is 0.337. The second-order valence-corrected chi connectivity index (χ2v) is 8.10.